The Morgan fingerprint density at radius 2 is 2.33 bits per heavy atom. The van der Waals surface area contributed by atoms with Crippen LogP contribution >= 0.6 is 0 Å². The summed E-state index contributed by atoms with van der Waals surface area (Å²) in [6.45, 7) is 4.51. The van der Waals surface area contributed by atoms with Gasteiger partial charge in [0, 0.05) is 12.2 Å². The van der Waals surface area contributed by atoms with Gasteiger partial charge in [-0.1, -0.05) is 20.3 Å². The molecule has 4 nitrogen and oxygen atoms in total. The summed E-state index contributed by atoms with van der Waals surface area (Å²) in [6.07, 6.45) is 7.60. The van der Waals surface area contributed by atoms with E-state index < -0.39 is 0 Å². The first-order valence-corrected chi connectivity index (χ1v) is 6.48. The van der Waals surface area contributed by atoms with Crippen molar-refractivity contribution in [3.63, 3.8) is 0 Å². The highest BCUT2D eigenvalue weighted by Crippen LogP contribution is 2.35. The average molecular weight is 247 g/mol. The standard InChI is InChI=1S/C14H21N3O/c1-14(2)6-3-4-10(8-14)17-13(18)11-5-7-16-9-12(11)15/h5,7,9-10H,3-4,6,8,15H2,1-2H3,(H,17,18). The molecule has 0 bridgehead atoms. The van der Waals surface area contributed by atoms with Gasteiger partial charge in [-0.25, -0.2) is 0 Å². The van der Waals surface area contributed by atoms with Crippen LogP contribution in [0.5, 0.6) is 0 Å². The molecule has 98 valence electrons. The van der Waals surface area contributed by atoms with E-state index in [1.54, 1.807) is 12.3 Å². The molecule has 1 fully saturated rings. The van der Waals surface area contributed by atoms with Crippen LogP contribution in [0.4, 0.5) is 5.69 Å². The van der Waals surface area contributed by atoms with Gasteiger partial charge in [0.2, 0.25) is 0 Å². The molecule has 18 heavy (non-hydrogen) atoms. The van der Waals surface area contributed by atoms with Gasteiger partial charge in [0.25, 0.3) is 5.91 Å². The van der Waals surface area contributed by atoms with Crippen LogP contribution in [-0.2, 0) is 0 Å². The fourth-order valence-corrected chi connectivity index (χ4v) is 2.70. The zero-order chi connectivity index (χ0) is 13.2. The summed E-state index contributed by atoms with van der Waals surface area (Å²) in [4.78, 5) is 16.0. The first-order chi connectivity index (χ1) is 8.48. The lowest BCUT2D eigenvalue weighted by molar-refractivity contribution is 0.0903. The van der Waals surface area contributed by atoms with Crippen LogP contribution in [0.3, 0.4) is 0 Å². The zero-order valence-electron chi connectivity index (χ0n) is 11.1. The minimum atomic E-state index is -0.0856. The van der Waals surface area contributed by atoms with Crippen molar-refractivity contribution in [3.8, 4) is 0 Å². The normalized spacial score (nSPS) is 22.4. The van der Waals surface area contributed by atoms with E-state index in [0.717, 1.165) is 12.8 Å². The minimum Gasteiger partial charge on any atom is -0.397 e. The number of nitrogen functional groups attached to an aromatic ring is 1. The highest BCUT2D eigenvalue weighted by atomic mass is 16.1. The van der Waals surface area contributed by atoms with E-state index in [2.05, 4.69) is 24.1 Å². The predicted molar refractivity (Wildman–Crippen MR) is 72.2 cm³/mol. The maximum atomic E-state index is 12.1. The number of hydrogen-bond donors (Lipinski definition) is 2. The van der Waals surface area contributed by atoms with Crippen LogP contribution in [0.25, 0.3) is 0 Å². The van der Waals surface area contributed by atoms with Gasteiger partial charge in [0.15, 0.2) is 0 Å². The van der Waals surface area contributed by atoms with Crippen molar-refractivity contribution in [2.24, 2.45) is 5.41 Å². The summed E-state index contributed by atoms with van der Waals surface area (Å²) in [5.41, 5.74) is 7.03. The second-order valence-corrected chi connectivity index (χ2v) is 5.89. The smallest absolute Gasteiger partial charge is 0.253 e. The van der Waals surface area contributed by atoms with Crippen LogP contribution in [0.2, 0.25) is 0 Å². The predicted octanol–water partition coefficient (Wildman–Crippen LogP) is 2.36. The van der Waals surface area contributed by atoms with E-state index in [1.807, 2.05) is 0 Å². The van der Waals surface area contributed by atoms with Crippen LogP contribution in [0.1, 0.15) is 49.9 Å². The molecule has 1 amide bonds. The van der Waals surface area contributed by atoms with Crippen LogP contribution in [0, 0.1) is 5.41 Å². The average Bonchev–Trinajstić information content (AvgIpc) is 2.28. The molecule has 3 N–H and O–H groups in total. The zero-order valence-corrected chi connectivity index (χ0v) is 11.1. The van der Waals surface area contributed by atoms with Crippen molar-refractivity contribution < 1.29 is 4.79 Å². The van der Waals surface area contributed by atoms with Crippen LogP contribution in [0.15, 0.2) is 18.5 Å². The van der Waals surface area contributed by atoms with E-state index >= 15 is 0 Å². The van der Waals surface area contributed by atoms with Gasteiger partial charge in [-0.05, 0) is 30.7 Å². The third kappa shape index (κ3) is 3.00. The highest BCUT2D eigenvalue weighted by Gasteiger charge is 2.29. The Hall–Kier alpha value is -1.58. The van der Waals surface area contributed by atoms with Crippen LogP contribution in [-0.4, -0.2) is 16.9 Å². The molecule has 1 aliphatic rings. The number of carbonyl (C=O) groups excluding carboxylic acids is 1. The van der Waals surface area contributed by atoms with Gasteiger partial charge >= 0.3 is 0 Å². The highest BCUT2D eigenvalue weighted by molar-refractivity contribution is 5.98. The van der Waals surface area contributed by atoms with Crippen molar-refractivity contribution in [3.05, 3.63) is 24.0 Å². The Labute approximate surface area is 108 Å². The van der Waals surface area contributed by atoms with Crippen molar-refractivity contribution in [2.75, 3.05) is 5.73 Å². The van der Waals surface area contributed by atoms with Gasteiger partial charge in [-0.3, -0.25) is 9.78 Å². The Morgan fingerprint density at radius 1 is 1.56 bits per heavy atom. The lowest BCUT2D eigenvalue weighted by Crippen LogP contribution is -2.40. The van der Waals surface area contributed by atoms with Gasteiger partial charge < -0.3 is 11.1 Å². The Bertz CT molecular complexity index is 442. The number of pyridine rings is 1. The van der Waals surface area contributed by atoms with Crippen molar-refractivity contribution in [1.29, 1.82) is 0 Å². The third-order valence-electron chi connectivity index (χ3n) is 3.64. The second-order valence-electron chi connectivity index (χ2n) is 5.89. The van der Waals surface area contributed by atoms with Gasteiger partial charge in [0.05, 0.1) is 17.4 Å². The third-order valence-corrected chi connectivity index (χ3v) is 3.64. The van der Waals surface area contributed by atoms with E-state index in [9.17, 15) is 4.79 Å². The Morgan fingerprint density at radius 3 is 3.00 bits per heavy atom. The molecular weight excluding hydrogens is 226 g/mol. The maximum absolute atomic E-state index is 12.1. The number of nitrogens with zero attached hydrogens (tertiary/aromatic N) is 1. The molecule has 4 heteroatoms. The first-order valence-electron chi connectivity index (χ1n) is 6.48. The minimum absolute atomic E-state index is 0.0856. The van der Waals surface area contributed by atoms with E-state index in [1.165, 1.54) is 19.0 Å². The number of nitrogens with one attached hydrogen (secondary N) is 1. The molecule has 1 aromatic rings. The Kier molecular flexibility index (Phi) is 3.55. The molecule has 0 radical (unpaired) electrons. The Balaban J connectivity index is 2.02. The van der Waals surface area contributed by atoms with E-state index in [4.69, 9.17) is 5.73 Å². The molecule has 1 heterocycles. The summed E-state index contributed by atoms with van der Waals surface area (Å²) in [5.74, 6) is -0.0856. The molecular formula is C14H21N3O. The largest absolute Gasteiger partial charge is 0.397 e. The first kappa shape index (κ1) is 12.9. The molecule has 1 saturated carbocycles. The van der Waals surface area contributed by atoms with Gasteiger partial charge in [0.1, 0.15) is 0 Å². The van der Waals surface area contributed by atoms with E-state index in [0.29, 0.717) is 16.7 Å². The summed E-state index contributed by atoms with van der Waals surface area (Å²) < 4.78 is 0. The monoisotopic (exact) mass is 247 g/mol. The summed E-state index contributed by atoms with van der Waals surface area (Å²) in [5, 5.41) is 3.08. The van der Waals surface area contributed by atoms with Crippen molar-refractivity contribution in [2.45, 2.75) is 45.6 Å². The molecule has 0 aromatic carbocycles. The van der Waals surface area contributed by atoms with E-state index in [-0.39, 0.29) is 11.9 Å². The number of hydrogen-bond acceptors (Lipinski definition) is 3. The number of anilines is 1. The fraction of sp³-hybridized carbons (Fsp3) is 0.571. The SMILES string of the molecule is CC1(C)CCCC(NC(=O)c2ccncc2N)C1. The molecule has 1 unspecified atom stereocenters. The van der Waals surface area contributed by atoms with Gasteiger partial charge in [-0.2, -0.15) is 0 Å². The number of amides is 1. The van der Waals surface area contributed by atoms with Crippen molar-refractivity contribution in [1.82, 2.24) is 10.3 Å². The summed E-state index contributed by atoms with van der Waals surface area (Å²) in [6, 6.07) is 1.92. The maximum Gasteiger partial charge on any atom is 0.253 e. The molecule has 1 aromatic heterocycles. The number of aromatic nitrogens is 1. The molecule has 0 aliphatic heterocycles. The number of nitrogens with two attached hydrogens (primary N) is 1. The number of carbonyl (C=O) groups is 1. The lowest BCUT2D eigenvalue weighted by atomic mass is 9.75. The summed E-state index contributed by atoms with van der Waals surface area (Å²) >= 11 is 0. The molecule has 0 saturated heterocycles. The molecule has 1 aliphatic carbocycles. The topological polar surface area (TPSA) is 68.0 Å². The van der Waals surface area contributed by atoms with Gasteiger partial charge in [-0.15, -0.1) is 0 Å². The molecule has 0 spiro atoms. The molecule has 1 atom stereocenters. The number of rotatable bonds is 2. The van der Waals surface area contributed by atoms with Crippen molar-refractivity contribution >= 4 is 11.6 Å². The van der Waals surface area contributed by atoms with Crippen LogP contribution < -0.4 is 11.1 Å². The molecule has 2 rings (SSSR count). The lowest BCUT2D eigenvalue weighted by Gasteiger charge is -2.35. The quantitative estimate of drug-likeness (QED) is 0.843. The second kappa shape index (κ2) is 4.96. The fourth-order valence-electron chi connectivity index (χ4n) is 2.70. The summed E-state index contributed by atoms with van der Waals surface area (Å²) in [7, 11) is 0.